The fourth-order valence-corrected chi connectivity index (χ4v) is 5.26. The molecule has 0 saturated carbocycles. The molecule has 0 unspecified atom stereocenters. The molecule has 3 rings (SSSR count). The first-order chi connectivity index (χ1) is 15.9. The highest BCUT2D eigenvalue weighted by molar-refractivity contribution is 9.10. The summed E-state index contributed by atoms with van der Waals surface area (Å²) in [7, 11) is -3.08. The largest absolute Gasteiger partial charge is 0.456 e. The van der Waals surface area contributed by atoms with E-state index in [4.69, 9.17) is 9.47 Å². The fraction of sp³-hybridized carbons (Fsp3) is 0.500. The van der Waals surface area contributed by atoms with E-state index in [1.807, 2.05) is 37.8 Å². The minimum atomic E-state index is -3.08. The van der Waals surface area contributed by atoms with Gasteiger partial charge in [0.1, 0.15) is 17.1 Å². The Labute approximate surface area is 211 Å². The lowest BCUT2D eigenvalue weighted by Gasteiger charge is -2.33. The maximum atomic E-state index is 12.2. The summed E-state index contributed by atoms with van der Waals surface area (Å²) in [5.74, 6) is 1.98. The Bertz CT molecular complexity index is 1090. The van der Waals surface area contributed by atoms with E-state index in [0.717, 1.165) is 49.0 Å². The van der Waals surface area contributed by atoms with Gasteiger partial charge in [0.15, 0.2) is 9.84 Å². The van der Waals surface area contributed by atoms with Gasteiger partial charge < -0.3 is 14.4 Å². The zero-order chi connectivity index (χ0) is 24.9. The molecule has 1 saturated heterocycles. The van der Waals surface area contributed by atoms with E-state index in [0.29, 0.717) is 17.2 Å². The first kappa shape index (κ1) is 26.5. The number of carbonyl (C=O) groups excluding carboxylic acids is 1. The second-order valence-electron chi connectivity index (χ2n) is 10.0. The molecule has 2 aromatic carbocycles. The predicted molar refractivity (Wildman–Crippen MR) is 138 cm³/mol. The topological polar surface area (TPSA) is 72.9 Å². The van der Waals surface area contributed by atoms with Crippen LogP contribution in [0.1, 0.15) is 51.2 Å². The van der Waals surface area contributed by atoms with Crippen LogP contribution in [0.25, 0.3) is 0 Å². The number of ether oxygens (including phenoxy) is 2. The Morgan fingerprint density at radius 2 is 1.68 bits per heavy atom. The van der Waals surface area contributed by atoms with Gasteiger partial charge in [-0.3, -0.25) is 0 Å². The fourth-order valence-electron chi connectivity index (χ4n) is 3.97. The normalized spacial score (nSPS) is 15.3. The first-order valence-corrected chi connectivity index (χ1v) is 14.4. The van der Waals surface area contributed by atoms with Crippen LogP contribution in [-0.2, 0) is 26.7 Å². The van der Waals surface area contributed by atoms with Crippen LogP contribution in [0.4, 0.5) is 4.79 Å². The van der Waals surface area contributed by atoms with Crippen LogP contribution in [0, 0.1) is 5.92 Å². The molecule has 0 spiro atoms. The predicted octanol–water partition coefficient (Wildman–Crippen LogP) is 6.37. The van der Waals surface area contributed by atoms with Crippen LogP contribution in [0.5, 0.6) is 11.5 Å². The molecule has 34 heavy (non-hydrogen) atoms. The molecule has 0 aliphatic carbocycles. The van der Waals surface area contributed by atoms with Crippen LogP contribution in [-0.4, -0.2) is 44.4 Å². The molecule has 6 nitrogen and oxygen atoms in total. The Morgan fingerprint density at radius 1 is 1.06 bits per heavy atom. The molecule has 1 aliphatic heterocycles. The Morgan fingerprint density at radius 3 is 2.24 bits per heavy atom. The molecule has 0 aromatic heterocycles. The summed E-state index contributed by atoms with van der Waals surface area (Å²) in [4.78, 5) is 14.0. The molecule has 8 heteroatoms. The summed E-state index contributed by atoms with van der Waals surface area (Å²) in [5.41, 5.74) is 1.51. The number of nitrogens with zero attached hydrogens (tertiary/aromatic N) is 1. The van der Waals surface area contributed by atoms with Gasteiger partial charge in [0.25, 0.3) is 0 Å². The van der Waals surface area contributed by atoms with Gasteiger partial charge >= 0.3 is 6.09 Å². The van der Waals surface area contributed by atoms with Crippen molar-refractivity contribution in [1.29, 1.82) is 0 Å². The quantitative estimate of drug-likeness (QED) is 0.400. The van der Waals surface area contributed by atoms with Gasteiger partial charge in [-0.25, -0.2) is 13.2 Å². The number of piperidine rings is 1. The number of likely N-dealkylation sites (tertiary alicyclic amines) is 1. The summed E-state index contributed by atoms with van der Waals surface area (Å²) in [5, 5.41) is 0. The summed E-state index contributed by atoms with van der Waals surface area (Å²) in [6.07, 6.45) is 5.10. The van der Waals surface area contributed by atoms with Crippen LogP contribution in [0.2, 0.25) is 0 Å². The van der Waals surface area contributed by atoms with Crippen molar-refractivity contribution in [3.05, 3.63) is 58.1 Å². The van der Waals surface area contributed by atoms with Crippen LogP contribution in [0.3, 0.4) is 0 Å². The lowest BCUT2D eigenvalue weighted by atomic mass is 9.90. The molecule has 1 amide bonds. The molecule has 186 valence electrons. The molecule has 1 heterocycles. The summed E-state index contributed by atoms with van der Waals surface area (Å²) in [6.45, 7) is 7.19. The Balaban J connectivity index is 1.46. The third-order valence-electron chi connectivity index (χ3n) is 5.68. The number of benzene rings is 2. The van der Waals surface area contributed by atoms with Crippen molar-refractivity contribution in [3.8, 4) is 11.5 Å². The SMILES string of the molecule is CC(C)(C)OC(=O)N1CCC(CCc2ccc(Oc3ccc(CS(C)(=O)=O)cc3Br)cc2)CC1. The highest BCUT2D eigenvalue weighted by Gasteiger charge is 2.26. The summed E-state index contributed by atoms with van der Waals surface area (Å²) < 4.78 is 35.1. The van der Waals surface area contributed by atoms with E-state index in [1.165, 1.54) is 11.8 Å². The van der Waals surface area contributed by atoms with E-state index < -0.39 is 15.4 Å². The van der Waals surface area contributed by atoms with Crippen molar-refractivity contribution in [3.63, 3.8) is 0 Å². The first-order valence-electron chi connectivity index (χ1n) is 11.6. The van der Waals surface area contributed by atoms with Crippen LogP contribution in [0.15, 0.2) is 46.9 Å². The third kappa shape index (κ3) is 8.62. The smallest absolute Gasteiger partial charge is 0.410 e. The van der Waals surface area contributed by atoms with E-state index in [2.05, 4.69) is 28.1 Å². The summed E-state index contributed by atoms with van der Waals surface area (Å²) in [6, 6.07) is 13.4. The number of rotatable bonds is 7. The van der Waals surface area contributed by atoms with E-state index in [-0.39, 0.29) is 11.8 Å². The molecular weight excluding hydrogens is 518 g/mol. The average Bonchev–Trinajstić information content (AvgIpc) is 2.73. The number of carbonyl (C=O) groups is 1. The molecule has 0 bridgehead atoms. The van der Waals surface area contributed by atoms with Crippen molar-refractivity contribution in [2.24, 2.45) is 5.92 Å². The minimum Gasteiger partial charge on any atom is -0.456 e. The number of sulfone groups is 1. The molecule has 0 atom stereocenters. The van der Waals surface area contributed by atoms with E-state index in [9.17, 15) is 13.2 Å². The second kappa shape index (κ2) is 11.1. The zero-order valence-electron chi connectivity index (χ0n) is 20.3. The van der Waals surface area contributed by atoms with Gasteiger partial charge in [-0.2, -0.15) is 0 Å². The van der Waals surface area contributed by atoms with Crippen LogP contribution >= 0.6 is 15.9 Å². The van der Waals surface area contributed by atoms with Gasteiger partial charge in [0.05, 0.1) is 10.2 Å². The number of hydrogen-bond acceptors (Lipinski definition) is 5. The van der Waals surface area contributed by atoms with E-state index >= 15 is 0 Å². The highest BCUT2D eigenvalue weighted by Crippen LogP contribution is 2.31. The zero-order valence-corrected chi connectivity index (χ0v) is 22.7. The van der Waals surface area contributed by atoms with Gasteiger partial charge in [0, 0.05) is 19.3 Å². The standard InChI is InChI=1S/C26H34BrNO5S/c1-26(2,3)33-25(29)28-15-13-20(14-16-28)6-5-19-7-10-22(11-8-19)32-24-12-9-21(17-23(24)27)18-34(4,30)31/h7-12,17,20H,5-6,13-16,18H2,1-4H3. The minimum absolute atomic E-state index is 0.000601. The molecule has 2 aromatic rings. The van der Waals surface area contributed by atoms with Crippen molar-refractivity contribution < 1.29 is 22.7 Å². The van der Waals surface area contributed by atoms with E-state index in [1.54, 1.807) is 18.2 Å². The van der Waals surface area contributed by atoms with Crippen molar-refractivity contribution in [1.82, 2.24) is 4.90 Å². The number of amides is 1. The number of halogens is 1. The van der Waals surface area contributed by atoms with Gasteiger partial charge in [-0.15, -0.1) is 0 Å². The number of hydrogen-bond donors (Lipinski definition) is 0. The number of aryl methyl sites for hydroxylation is 1. The van der Waals surface area contributed by atoms with Gasteiger partial charge in [-0.1, -0.05) is 18.2 Å². The summed E-state index contributed by atoms with van der Waals surface area (Å²) >= 11 is 3.47. The highest BCUT2D eigenvalue weighted by atomic mass is 79.9. The molecule has 1 fully saturated rings. The Kier molecular flexibility index (Phi) is 8.68. The molecular formula is C26H34BrNO5S. The molecule has 0 radical (unpaired) electrons. The third-order valence-corrected chi connectivity index (χ3v) is 7.16. The molecule has 1 aliphatic rings. The van der Waals surface area contributed by atoms with Crippen LogP contribution < -0.4 is 4.74 Å². The second-order valence-corrected chi connectivity index (χ2v) is 13.0. The maximum Gasteiger partial charge on any atom is 0.410 e. The van der Waals surface area contributed by atoms with Crippen molar-refractivity contribution in [2.45, 2.75) is 57.8 Å². The van der Waals surface area contributed by atoms with Gasteiger partial charge in [-0.05, 0) is 104 Å². The van der Waals surface area contributed by atoms with Crippen molar-refractivity contribution in [2.75, 3.05) is 19.3 Å². The maximum absolute atomic E-state index is 12.2. The lowest BCUT2D eigenvalue weighted by Crippen LogP contribution is -2.41. The Hall–Kier alpha value is -2.06. The molecule has 0 N–H and O–H groups in total. The lowest BCUT2D eigenvalue weighted by molar-refractivity contribution is 0.0181. The van der Waals surface area contributed by atoms with Crippen molar-refractivity contribution >= 4 is 31.9 Å². The van der Waals surface area contributed by atoms with Gasteiger partial charge in [0.2, 0.25) is 0 Å². The monoisotopic (exact) mass is 551 g/mol. The average molecular weight is 553 g/mol.